The molecule has 0 heterocycles. The third-order valence-corrected chi connectivity index (χ3v) is 4.52. The normalized spacial score (nSPS) is 32.6. The molecule has 0 spiro atoms. The van der Waals surface area contributed by atoms with Crippen LogP contribution in [0.4, 0.5) is 0 Å². The molecule has 0 aromatic rings. The molecular weight excluding hydrogens is 182 g/mol. The predicted octanol–water partition coefficient (Wildman–Crippen LogP) is 4.07. The molecule has 0 amide bonds. The SMILES string of the molecule is [C-]#[N+]C(C)(C)CC1=CC[C@H]2C[C@@H]1C2(C)C. The Bertz CT molecular complexity index is 341. The highest BCUT2D eigenvalue weighted by Gasteiger charge is 2.52. The van der Waals surface area contributed by atoms with E-state index in [2.05, 4.69) is 38.6 Å². The maximum absolute atomic E-state index is 7.20. The second kappa shape index (κ2) is 3.11. The lowest BCUT2D eigenvalue weighted by Crippen LogP contribution is -2.48. The number of hydrogen-bond acceptors (Lipinski definition) is 0. The minimum Gasteiger partial charge on any atom is -0.311 e. The minimum atomic E-state index is -0.204. The smallest absolute Gasteiger partial charge is 0.230 e. The molecule has 1 heteroatoms. The lowest BCUT2D eigenvalue weighted by atomic mass is 9.48. The number of nitrogens with zero attached hydrogens (tertiary/aromatic N) is 1. The molecule has 3 rings (SSSR count). The summed E-state index contributed by atoms with van der Waals surface area (Å²) in [5, 5.41) is 0. The van der Waals surface area contributed by atoms with Gasteiger partial charge in [0.1, 0.15) is 0 Å². The monoisotopic (exact) mass is 203 g/mol. The van der Waals surface area contributed by atoms with Gasteiger partial charge >= 0.3 is 0 Å². The van der Waals surface area contributed by atoms with Gasteiger partial charge in [-0.2, -0.15) is 0 Å². The van der Waals surface area contributed by atoms with Crippen LogP contribution in [0, 0.1) is 23.8 Å². The molecule has 15 heavy (non-hydrogen) atoms. The van der Waals surface area contributed by atoms with Crippen LogP contribution in [-0.4, -0.2) is 5.54 Å². The Kier molecular flexibility index (Phi) is 2.23. The van der Waals surface area contributed by atoms with Crippen molar-refractivity contribution >= 4 is 0 Å². The van der Waals surface area contributed by atoms with Crippen molar-refractivity contribution in [3.05, 3.63) is 23.1 Å². The van der Waals surface area contributed by atoms with Gasteiger partial charge in [-0.1, -0.05) is 25.5 Å². The van der Waals surface area contributed by atoms with Crippen molar-refractivity contribution in [3.8, 4) is 0 Å². The Hall–Kier alpha value is -0.770. The van der Waals surface area contributed by atoms with Crippen LogP contribution in [0.3, 0.4) is 0 Å². The molecule has 0 unspecified atom stereocenters. The maximum atomic E-state index is 7.20. The number of hydrogen-bond donors (Lipinski definition) is 0. The van der Waals surface area contributed by atoms with Gasteiger partial charge in [0, 0.05) is 20.3 Å². The first kappa shape index (κ1) is 10.7. The Balaban J connectivity index is 2.13. The van der Waals surface area contributed by atoms with Crippen molar-refractivity contribution in [1.82, 2.24) is 0 Å². The van der Waals surface area contributed by atoms with Crippen LogP contribution in [0.25, 0.3) is 4.85 Å². The number of allylic oxidation sites excluding steroid dienone is 1. The maximum Gasteiger partial charge on any atom is 0.230 e. The first-order valence-electron chi connectivity index (χ1n) is 5.94. The standard InChI is InChI=1S/C14H21N/c1-13(2,15-5)9-10-6-7-11-8-12(10)14(11,3)4/h6,11-12H,7-9H2,1-4H3/t11-,12-/m0/s1. The fraction of sp³-hybridized carbons (Fsp3) is 0.786. The second-order valence-corrected chi connectivity index (χ2v) is 6.42. The molecule has 0 aliphatic heterocycles. The first-order valence-corrected chi connectivity index (χ1v) is 5.94. The van der Waals surface area contributed by atoms with E-state index in [4.69, 9.17) is 6.57 Å². The van der Waals surface area contributed by atoms with E-state index < -0.39 is 0 Å². The Morgan fingerprint density at radius 1 is 1.53 bits per heavy atom. The van der Waals surface area contributed by atoms with E-state index >= 15 is 0 Å². The summed E-state index contributed by atoms with van der Waals surface area (Å²) in [5.74, 6) is 1.67. The molecule has 1 nitrogen and oxygen atoms in total. The molecule has 2 bridgehead atoms. The van der Waals surface area contributed by atoms with Crippen LogP contribution in [0.15, 0.2) is 11.6 Å². The minimum absolute atomic E-state index is 0.204. The lowest BCUT2D eigenvalue weighted by Gasteiger charge is -2.56. The van der Waals surface area contributed by atoms with Crippen LogP contribution in [0.5, 0.6) is 0 Å². The van der Waals surface area contributed by atoms with Crippen LogP contribution >= 0.6 is 0 Å². The zero-order valence-electron chi connectivity index (χ0n) is 10.3. The highest BCUT2D eigenvalue weighted by molar-refractivity contribution is 5.25. The van der Waals surface area contributed by atoms with Crippen molar-refractivity contribution in [1.29, 1.82) is 0 Å². The van der Waals surface area contributed by atoms with Crippen molar-refractivity contribution in [3.63, 3.8) is 0 Å². The molecule has 2 atom stereocenters. The average Bonchev–Trinajstić information content (AvgIpc) is 2.17. The van der Waals surface area contributed by atoms with Crippen molar-refractivity contribution in [2.45, 2.75) is 52.5 Å². The zero-order chi connectivity index (χ0) is 11.3. The summed E-state index contributed by atoms with van der Waals surface area (Å²) in [6, 6.07) is 0. The fourth-order valence-electron chi connectivity index (χ4n) is 3.22. The van der Waals surface area contributed by atoms with Gasteiger partial charge in [0.2, 0.25) is 5.54 Å². The molecular formula is C14H21N. The second-order valence-electron chi connectivity index (χ2n) is 6.42. The molecule has 0 saturated heterocycles. The van der Waals surface area contributed by atoms with Gasteiger partial charge in [-0.25, -0.2) is 6.57 Å². The van der Waals surface area contributed by atoms with Gasteiger partial charge in [-0.3, -0.25) is 0 Å². The van der Waals surface area contributed by atoms with Gasteiger partial charge in [-0.05, 0) is 30.1 Å². The van der Waals surface area contributed by atoms with Gasteiger partial charge in [-0.15, -0.1) is 0 Å². The fourth-order valence-corrected chi connectivity index (χ4v) is 3.22. The van der Waals surface area contributed by atoms with Gasteiger partial charge in [0.05, 0.1) is 0 Å². The molecule has 3 aliphatic rings. The largest absolute Gasteiger partial charge is 0.311 e. The summed E-state index contributed by atoms with van der Waals surface area (Å²) in [6.07, 6.45) is 5.99. The Morgan fingerprint density at radius 3 is 2.67 bits per heavy atom. The van der Waals surface area contributed by atoms with Crippen molar-refractivity contribution in [2.75, 3.05) is 0 Å². The molecule has 0 N–H and O–H groups in total. The molecule has 1 saturated carbocycles. The zero-order valence-corrected chi connectivity index (χ0v) is 10.3. The first-order chi connectivity index (χ1) is 6.87. The van der Waals surface area contributed by atoms with E-state index in [1.807, 2.05) is 0 Å². The quantitative estimate of drug-likeness (QED) is 0.471. The molecule has 0 aromatic carbocycles. The van der Waals surface area contributed by atoms with Crippen molar-refractivity contribution < 1.29 is 0 Å². The average molecular weight is 203 g/mol. The van der Waals surface area contributed by atoms with Crippen LogP contribution in [-0.2, 0) is 0 Å². The van der Waals surface area contributed by atoms with E-state index in [0.29, 0.717) is 5.41 Å². The summed E-state index contributed by atoms with van der Waals surface area (Å²) in [5.41, 5.74) is 1.86. The number of rotatable bonds is 2. The van der Waals surface area contributed by atoms with E-state index in [-0.39, 0.29) is 5.54 Å². The van der Waals surface area contributed by atoms with Gasteiger partial charge in [0.15, 0.2) is 0 Å². The number of fused-ring (bicyclic) bond motifs is 1. The molecule has 0 aromatic heterocycles. The van der Waals surface area contributed by atoms with E-state index in [9.17, 15) is 0 Å². The van der Waals surface area contributed by atoms with Crippen molar-refractivity contribution in [2.24, 2.45) is 17.3 Å². The predicted molar refractivity (Wildman–Crippen MR) is 63.4 cm³/mol. The summed E-state index contributed by atoms with van der Waals surface area (Å²) in [4.78, 5) is 3.72. The van der Waals surface area contributed by atoms with Gasteiger partial charge in [0.25, 0.3) is 0 Å². The topological polar surface area (TPSA) is 4.36 Å². The van der Waals surface area contributed by atoms with E-state index in [1.54, 1.807) is 5.57 Å². The highest BCUT2D eigenvalue weighted by atomic mass is 14.8. The summed E-state index contributed by atoms with van der Waals surface area (Å²) in [7, 11) is 0. The van der Waals surface area contributed by atoms with Gasteiger partial charge < -0.3 is 4.85 Å². The highest BCUT2D eigenvalue weighted by Crippen LogP contribution is 2.60. The van der Waals surface area contributed by atoms with E-state index in [1.165, 1.54) is 12.8 Å². The molecule has 1 fully saturated rings. The summed E-state index contributed by atoms with van der Waals surface area (Å²) in [6.45, 7) is 16.1. The van der Waals surface area contributed by atoms with Crippen LogP contribution < -0.4 is 0 Å². The third-order valence-electron chi connectivity index (χ3n) is 4.52. The van der Waals surface area contributed by atoms with E-state index in [0.717, 1.165) is 18.3 Å². The summed E-state index contributed by atoms with van der Waals surface area (Å²) < 4.78 is 0. The lowest BCUT2D eigenvalue weighted by molar-refractivity contribution is -0.00920. The molecule has 3 aliphatic carbocycles. The van der Waals surface area contributed by atoms with Crippen LogP contribution in [0.2, 0.25) is 0 Å². The summed E-state index contributed by atoms with van der Waals surface area (Å²) >= 11 is 0. The Labute approximate surface area is 93.4 Å². The third kappa shape index (κ3) is 1.61. The van der Waals surface area contributed by atoms with Crippen LogP contribution in [0.1, 0.15) is 47.0 Å². The Morgan fingerprint density at radius 2 is 2.20 bits per heavy atom. The molecule has 82 valence electrons. The molecule has 0 radical (unpaired) electrons.